The summed E-state index contributed by atoms with van der Waals surface area (Å²) >= 11 is 0. The average molecular weight is 783 g/mol. The molecule has 0 aliphatic heterocycles. The van der Waals surface area contributed by atoms with E-state index in [9.17, 15) is 28.8 Å². The molecule has 0 spiro atoms. The number of hydrogen-bond donors (Lipinski definition) is 0. The molecular formula is C46H42N2O10. The number of carbonyl (C=O) groups is 6. The molecular weight excluding hydrogens is 741 g/mol. The predicted molar refractivity (Wildman–Crippen MR) is 211 cm³/mol. The second-order valence-corrected chi connectivity index (χ2v) is 13.6. The smallest absolute Gasteiger partial charge is 0.426 e. The number of benzene rings is 5. The molecule has 5 aromatic rings. The van der Waals surface area contributed by atoms with Crippen LogP contribution in [0.1, 0.15) is 70.9 Å². The molecule has 296 valence electrons. The van der Waals surface area contributed by atoms with Crippen LogP contribution in [0.15, 0.2) is 146 Å². The average Bonchev–Trinajstić information content (AvgIpc) is 3.26. The van der Waals surface area contributed by atoms with E-state index in [-0.39, 0.29) is 39.3 Å². The number of carbonyl (C=O) groups excluding carboxylic acids is 6. The third-order valence-corrected chi connectivity index (χ3v) is 9.63. The van der Waals surface area contributed by atoms with Crippen LogP contribution in [0.4, 0.5) is 19.2 Å². The van der Waals surface area contributed by atoms with Crippen molar-refractivity contribution in [2.45, 2.75) is 63.9 Å². The largest absolute Gasteiger partial charge is 0.444 e. The van der Waals surface area contributed by atoms with Crippen molar-refractivity contribution >= 4 is 36.2 Å². The Morgan fingerprint density at radius 2 is 0.621 bits per heavy atom. The number of nitrogens with zero attached hydrogens (tertiary/aromatic N) is 2. The van der Waals surface area contributed by atoms with Crippen molar-refractivity contribution in [3.63, 3.8) is 0 Å². The topological polar surface area (TPSA) is 146 Å². The first-order chi connectivity index (χ1) is 28.3. The molecule has 0 bridgehead atoms. The van der Waals surface area contributed by atoms with Gasteiger partial charge in [0.1, 0.15) is 26.4 Å². The fourth-order valence-electron chi connectivity index (χ4n) is 6.69. The Labute approximate surface area is 335 Å². The predicted octanol–water partition coefficient (Wildman–Crippen LogP) is 9.43. The van der Waals surface area contributed by atoms with Gasteiger partial charge in [-0.3, -0.25) is 9.59 Å². The monoisotopic (exact) mass is 782 g/mol. The second-order valence-electron chi connectivity index (χ2n) is 13.6. The van der Waals surface area contributed by atoms with E-state index in [2.05, 4.69) is 0 Å². The van der Waals surface area contributed by atoms with Crippen LogP contribution in [0, 0.1) is 0 Å². The van der Waals surface area contributed by atoms with Crippen molar-refractivity contribution in [2.24, 2.45) is 0 Å². The van der Waals surface area contributed by atoms with Gasteiger partial charge in [0.05, 0.1) is 0 Å². The van der Waals surface area contributed by atoms with Crippen molar-refractivity contribution in [3.8, 4) is 0 Å². The Bertz CT molecular complexity index is 1920. The van der Waals surface area contributed by atoms with Crippen molar-refractivity contribution in [1.29, 1.82) is 0 Å². The number of ether oxygens (including phenoxy) is 4. The molecule has 58 heavy (non-hydrogen) atoms. The summed E-state index contributed by atoms with van der Waals surface area (Å²) in [7, 11) is 0. The fourth-order valence-corrected chi connectivity index (χ4v) is 6.69. The Balaban J connectivity index is 1.16. The molecule has 1 aliphatic rings. The van der Waals surface area contributed by atoms with E-state index < -0.39 is 48.0 Å². The minimum absolute atomic E-state index is 0.173. The molecule has 0 radical (unpaired) electrons. The molecule has 2 atom stereocenters. The summed E-state index contributed by atoms with van der Waals surface area (Å²) in [6.07, 6.45) is -4.41. The van der Waals surface area contributed by atoms with Gasteiger partial charge in [0, 0.05) is 12.8 Å². The van der Waals surface area contributed by atoms with Gasteiger partial charge in [-0.05, 0) is 58.1 Å². The molecule has 0 aromatic heterocycles. The quantitative estimate of drug-likeness (QED) is 0.112. The summed E-state index contributed by atoms with van der Waals surface area (Å²) in [5.41, 5.74) is 4.09. The van der Waals surface area contributed by atoms with Crippen LogP contribution in [0.2, 0.25) is 0 Å². The van der Waals surface area contributed by atoms with Crippen molar-refractivity contribution < 1.29 is 47.7 Å². The van der Waals surface area contributed by atoms with Crippen molar-refractivity contribution in [2.75, 3.05) is 0 Å². The lowest BCUT2D eigenvalue weighted by molar-refractivity contribution is -0.130. The van der Waals surface area contributed by atoms with Crippen LogP contribution in [-0.4, -0.2) is 46.0 Å². The zero-order valence-electron chi connectivity index (χ0n) is 31.6. The Hall–Kier alpha value is -7.08. The molecule has 5 aromatic carbocycles. The van der Waals surface area contributed by atoms with Crippen LogP contribution in [-0.2, 0) is 55.0 Å². The SMILES string of the molecule is O=C(CC1CCC(CC(=O)N(C(=O)OCc2ccccc2)C(=O)OCc2ccccc2)c2ccccc21)N(C(=O)OCc1ccccc1)C(=O)OCc1ccccc1. The number of imide groups is 6. The zero-order valence-corrected chi connectivity index (χ0v) is 31.6. The van der Waals surface area contributed by atoms with E-state index in [4.69, 9.17) is 18.9 Å². The Morgan fingerprint density at radius 3 is 0.879 bits per heavy atom. The first-order valence-electron chi connectivity index (χ1n) is 18.8. The molecule has 12 nitrogen and oxygen atoms in total. The summed E-state index contributed by atoms with van der Waals surface area (Å²) in [5, 5.41) is 0. The van der Waals surface area contributed by atoms with E-state index in [1.54, 1.807) is 109 Å². The first-order valence-corrected chi connectivity index (χ1v) is 18.8. The molecule has 0 saturated heterocycles. The van der Waals surface area contributed by atoms with Gasteiger partial charge >= 0.3 is 24.4 Å². The van der Waals surface area contributed by atoms with Gasteiger partial charge in [0.25, 0.3) is 0 Å². The summed E-state index contributed by atoms with van der Waals surface area (Å²) < 4.78 is 21.6. The molecule has 12 heteroatoms. The van der Waals surface area contributed by atoms with Gasteiger partial charge in [-0.15, -0.1) is 9.80 Å². The first kappa shape index (κ1) is 40.6. The number of hydrogen-bond acceptors (Lipinski definition) is 10. The van der Waals surface area contributed by atoms with Gasteiger partial charge < -0.3 is 18.9 Å². The van der Waals surface area contributed by atoms with E-state index >= 15 is 0 Å². The second kappa shape index (κ2) is 20.2. The van der Waals surface area contributed by atoms with Crippen LogP contribution in [0.5, 0.6) is 0 Å². The van der Waals surface area contributed by atoms with Crippen molar-refractivity contribution in [3.05, 3.63) is 179 Å². The van der Waals surface area contributed by atoms with Crippen LogP contribution in [0.3, 0.4) is 0 Å². The number of rotatable bonds is 12. The highest BCUT2D eigenvalue weighted by Crippen LogP contribution is 2.42. The number of amides is 6. The van der Waals surface area contributed by atoms with Crippen molar-refractivity contribution in [1.82, 2.24) is 9.80 Å². The highest BCUT2D eigenvalue weighted by Gasteiger charge is 2.38. The number of fused-ring (bicyclic) bond motifs is 1. The van der Waals surface area contributed by atoms with Gasteiger partial charge in [0.2, 0.25) is 11.8 Å². The molecule has 2 unspecified atom stereocenters. The lowest BCUT2D eigenvalue weighted by Crippen LogP contribution is -2.43. The molecule has 0 heterocycles. The zero-order chi connectivity index (χ0) is 40.7. The summed E-state index contributed by atoms with van der Waals surface area (Å²) in [6.45, 7) is -0.690. The van der Waals surface area contributed by atoms with E-state index in [0.29, 0.717) is 44.9 Å². The summed E-state index contributed by atoms with van der Waals surface area (Å²) in [5.74, 6) is -2.55. The maximum atomic E-state index is 13.9. The highest BCUT2D eigenvalue weighted by molar-refractivity contribution is 6.07. The van der Waals surface area contributed by atoms with Crippen LogP contribution < -0.4 is 0 Å². The lowest BCUT2D eigenvalue weighted by atomic mass is 9.74. The van der Waals surface area contributed by atoms with Gasteiger partial charge in [-0.2, -0.15) is 0 Å². The Kier molecular flexibility index (Phi) is 14.1. The molecule has 1 aliphatic carbocycles. The lowest BCUT2D eigenvalue weighted by Gasteiger charge is -2.32. The molecule has 6 rings (SSSR count). The highest BCUT2D eigenvalue weighted by atomic mass is 16.6. The van der Waals surface area contributed by atoms with Gasteiger partial charge in [-0.25, -0.2) is 19.2 Å². The molecule has 6 amide bonds. The summed E-state index contributed by atoms with van der Waals surface area (Å²) in [6, 6.07) is 42.6. The molecule has 0 saturated carbocycles. The van der Waals surface area contributed by atoms with Crippen LogP contribution >= 0.6 is 0 Å². The molecule has 0 N–H and O–H groups in total. The maximum absolute atomic E-state index is 13.9. The fraction of sp³-hybridized carbons (Fsp3) is 0.217. The summed E-state index contributed by atoms with van der Waals surface area (Å²) in [4.78, 5) is 82.1. The molecule has 0 fully saturated rings. The normalized spacial score (nSPS) is 14.2. The van der Waals surface area contributed by atoms with E-state index in [1.807, 2.05) is 36.4 Å². The minimum atomic E-state index is -1.17. The maximum Gasteiger partial charge on any atom is 0.426 e. The third kappa shape index (κ3) is 11.0. The minimum Gasteiger partial charge on any atom is -0.444 e. The third-order valence-electron chi connectivity index (χ3n) is 9.63. The van der Waals surface area contributed by atoms with Crippen LogP contribution in [0.25, 0.3) is 0 Å². The van der Waals surface area contributed by atoms with Gasteiger partial charge in [0.15, 0.2) is 0 Å². The van der Waals surface area contributed by atoms with Gasteiger partial charge in [-0.1, -0.05) is 146 Å². The van der Waals surface area contributed by atoms with E-state index in [0.717, 1.165) is 11.1 Å². The Morgan fingerprint density at radius 1 is 0.379 bits per heavy atom. The standard InChI is InChI=1S/C46H42N2O10/c49-41(47(43(51)55-29-33-15-5-1-6-16-33)44(52)56-30-34-17-7-2-8-18-34)27-37-25-26-38(40-24-14-13-23-39(37)40)28-42(50)48(45(53)57-31-35-19-9-3-10-20-35)46(54)58-32-36-21-11-4-12-22-36/h1-24,37-38H,25-32H2. The van der Waals surface area contributed by atoms with E-state index in [1.165, 1.54) is 0 Å².